The summed E-state index contributed by atoms with van der Waals surface area (Å²) in [6.45, 7) is 6.36. The van der Waals surface area contributed by atoms with Crippen molar-refractivity contribution in [3.63, 3.8) is 0 Å². The van der Waals surface area contributed by atoms with Crippen LogP contribution in [0.1, 0.15) is 36.7 Å². The second-order valence-electron chi connectivity index (χ2n) is 5.29. The van der Waals surface area contributed by atoms with Crippen LogP contribution in [-0.4, -0.2) is 37.0 Å². The first-order chi connectivity index (χ1) is 9.43. The summed E-state index contributed by atoms with van der Waals surface area (Å²) in [5.41, 5.74) is 1.77. The van der Waals surface area contributed by atoms with E-state index in [1.54, 1.807) is 19.2 Å². The molecule has 0 unspecified atom stereocenters. The van der Waals surface area contributed by atoms with Crippen molar-refractivity contribution in [3.05, 3.63) is 35.4 Å². The molecule has 0 bridgehead atoms. The Bertz CT molecular complexity index is 451. The zero-order valence-electron chi connectivity index (χ0n) is 12.7. The van der Waals surface area contributed by atoms with E-state index in [-0.39, 0.29) is 18.4 Å². The van der Waals surface area contributed by atoms with Gasteiger partial charge in [-0.1, -0.05) is 32.9 Å². The van der Waals surface area contributed by atoms with E-state index in [1.807, 2.05) is 26.0 Å². The van der Waals surface area contributed by atoms with Gasteiger partial charge in [-0.3, -0.25) is 9.59 Å². The van der Waals surface area contributed by atoms with Gasteiger partial charge in [0.1, 0.15) is 6.54 Å². The largest absolute Gasteiger partial charge is 0.464 e. The van der Waals surface area contributed by atoms with Crippen molar-refractivity contribution in [1.29, 1.82) is 0 Å². The molecule has 20 heavy (non-hydrogen) atoms. The van der Waals surface area contributed by atoms with Crippen LogP contribution in [0.2, 0.25) is 0 Å². The summed E-state index contributed by atoms with van der Waals surface area (Å²) in [6, 6.07) is 7.44. The maximum absolute atomic E-state index is 12.1. The quantitative estimate of drug-likeness (QED) is 0.751. The van der Waals surface area contributed by atoms with Crippen LogP contribution in [0.4, 0.5) is 0 Å². The molecule has 0 aliphatic rings. The van der Waals surface area contributed by atoms with E-state index in [0.717, 1.165) is 6.42 Å². The Kier molecular flexibility index (Phi) is 6.22. The molecule has 0 N–H and O–H groups in total. The summed E-state index contributed by atoms with van der Waals surface area (Å²) in [6.07, 6.45) is 0.936. The number of hydrogen-bond donors (Lipinski definition) is 0. The van der Waals surface area contributed by atoms with Crippen molar-refractivity contribution in [2.24, 2.45) is 5.92 Å². The van der Waals surface area contributed by atoms with Gasteiger partial charge in [0, 0.05) is 12.6 Å². The minimum Gasteiger partial charge on any atom is -0.464 e. The number of likely N-dealkylation sites (N-methyl/N-ethyl adjacent to an activating group) is 1. The number of benzene rings is 1. The molecule has 0 aliphatic carbocycles. The number of esters is 1. The molecule has 0 radical (unpaired) electrons. The molecule has 110 valence electrons. The summed E-state index contributed by atoms with van der Waals surface area (Å²) >= 11 is 0. The molecule has 0 saturated heterocycles. The van der Waals surface area contributed by atoms with E-state index in [4.69, 9.17) is 4.74 Å². The van der Waals surface area contributed by atoms with E-state index >= 15 is 0 Å². The predicted molar refractivity (Wildman–Crippen MR) is 78.6 cm³/mol. The highest BCUT2D eigenvalue weighted by Crippen LogP contribution is 2.07. The Morgan fingerprint density at radius 3 is 2.30 bits per heavy atom. The van der Waals surface area contributed by atoms with Gasteiger partial charge in [-0.05, 0) is 30.0 Å². The topological polar surface area (TPSA) is 46.6 Å². The standard InChI is InChI=1S/C16H23NO3/c1-5-13-6-8-14(9-7-13)16(19)17(4)10-15(18)20-11-12(2)3/h6-9,12H,5,10-11H2,1-4H3. The highest BCUT2D eigenvalue weighted by Gasteiger charge is 2.15. The lowest BCUT2D eigenvalue weighted by Crippen LogP contribution is -2.33. The van der Waals surface area contributed by atoms with Crippen molar-refractivity contribution in [2.75, 3.05) is 20.2 Å². The lowest BCUT2D eigenvalue weighted by atomic mass is 10.1. The van der Waals surface area contributed by atoms with Gasteiger partial charge >= 0.3 is 5.97 Å². The fourth-order valence-corrected chi connectivity index (χ4v) is 1.67. The van der Waals surface area contributed by atoms with Gasteiger partial charge in [-0.2, -0.15) is 0 Å². The summed E-state index contributed by atoms with van der Waals surface area (Å²) in [5, 5.41) is 0. The molecule has 0 spiro atoms. The highest BCUT2D eigenvalue weighted by atomic mass is 16.5. The molecule has 1 aromatic carbocycles. The molecule has 0 saturated carbocycles. The first-order valence-electron chi connectivity index (χ1n) is 6.94. The van der Waals surface area contributed by atoms with Crippen LogP contribution in [-0.2, 0) is 16.0 Å². The highest BCUT2D eigenvalue weighted by molar-refractivity contribution is 5.95. The number of nitrogens with zero attached hydrogens (tertiary/aromatic N) is 1. The van der Waals surface area contributed by atoms with Crippen LogP contribution in [0.25, 0.3) is 0 Å². The van der Waals surface area contributed by atoms with Gasteiger partial charge in [0.25, 0.3) is 5.91 Å². The second kappa shape index (κ2) is 7.68. The van der Waals surface area contributed by atoms with Crippen LogP contribution in [0.15, 0.2) is 24.3 Å². The Balaban J connectivity index is 2.55. The molecule has 0 heterocycles. The monoisotopic (exact) mass is 277 g/mol. The van der Waals surface area contributed by atoms with Gasteiger partial charge in [0.2, 0.25) is 0 Å². The summed E-state index contributed by atoms with van der Waals surface area (Å²) < 4.78 is 5.06. The first-order valence-corrected chi connectivity index (χ1v) is 6.94. The van der Waals surface area contributed by atoms with Gasteiger partial charge in [0.05, 0.1) is 6.61 Å². The molecule has 1 rings (SSSR count). The van der Waals surface area contributed by atoms with Gasteiger partial charge in [-0.25, -0.2) is 0 Å². The zero-order chi connectivity index (χ0) is 15.1. The number of hydrogen-bond acceptors (Lipinski definition) is 3. The van der Waals surface area contributed by atoms with Crippen molar-refractivity contribution >= 4 is 11.9 Å². The van der Waals surface area contributed by atoms with Crippen LogP contribution in [0.3, 0.4) is 0 Å². The van der Waals surface area contributed by atoms with E-state index < -0.39 is 0 Å². The third kappa shape index (κ3) is 5.03. The molecule has 4 heteroatoms. The van der Waals surface area contributed by atoms with Crippen LogP contribution in [0, 0.1) is 5.92 Å². The smallest absolute Gasteiger partial charge is 0.325 e. The maximum atomic E-state index is 12.1. The summed E-state index contributed by atoms with van der Waals surface area (Å²) in [5.74, 6) is -0.254. The number of amides is 1. The molecule has 0 atom stereocenters. The lowest BCUT2D eigenvalue weighted by molar-refractivity contribution is -0.145. The van der Waals surface area contributed by atoms with E-state index in [2.05, 4.69) is 6.92 Å². The van der Waals surface area contributed by atoms with Crippen LogP contribution < -0.4 is 0 Å². The lowest BCUT2D eigenvalue weighted by Gasteiger charge is -2.17. The van der Waals surface area contributed by atoms with E-state index in [0.29, 0.717) is 18.1 Å². The van der Waals surface area contributed by atoms with Crippen molar-refractivity contribution in [2.45, 2.75) is 27.2 Å². The van der Waals surface area contributed by atoms with Crippen LogP contribution in [0.5, 0.6) is 0 Å². The van der Waals surface area contributed by atoms with Gasteiger partial charge in [-0.15, -0.1) is 0 Å². The Morgan fingerprint density at radius 1 is 1.20 bits per heavy atom. The maximum Gasteiger partial charge on any atom is 0.325 e. The molecule has 0 aromatic heterocycles. The fourth-order valence-electron chi connectivity index (χ4n) is 1.67. The number of ether oxygens (including phenoxy) is 1. The Labute approximate surface area is 120 Å². The molecule has 1 aromatic rings. The van der Waals surface area contributed by atoms with Crippen molar-refractivity contribution in [1.82, 2.24) is 4.90 Å². The Morgan fingerprint density at radius 2 is 1.80 bits per heavy atom. The average molecular weight is 277 g/mol. The molecule has 0 fully saturated rings. The zero-order valence-corrected chi connectivity index (χ0v) is 12.7. The van der Waals surface area contributed by atoms with Crippen molar-refractivity contribution < 1.29 is 14.3 Å². The first kappa shape index (κ1) is 16.2. The third-order valence-corrected chi connectivity index (χ3v) is 2.90. The fraction of sp³-hybridized carbons (Fsp3) is 0.500. The molecular weight excluding hydrogens is 254 g/mol. The third-order valence-electron chi connectivity index (χ3n) is 2.90. The number of carbonyl (C=O) groups is 2. The molecule has 4 nitrogen and oxygen atoms in total. The predicted octanol–water partition coefficient (Wildman–Crippen LogP) is 2.52. The number of rotatable bonds is 6. The molecule has 0 aliphatic heterocycles. The minimum atomic E-state index is -0.375. The number of aryl methyl sites for hydroxylation is 1. The molecule has 1 amide bonds. The summed E-state index contributed by atoms with van der Waals surface area (Å²) in [7, 11) is 1.60. The van der Waals surface area contributed by atoms with Gasteiger partial charge in [0.15, 0.2) is 0 Å². The average Bonchev–Trinajstić information content (AvgIpc) is 2.44. The minimum absolute atomic E-state index is 0.0267. The normalized spacial score (nSPS) is 10.4. The Hall–Kier alpha value is -1.84. The molecular formula is C16H23NO3. The van der Waals surface area contributed by atoms with Gasteiger partial charge < -0.3 is 9.64 Å². The van der Waals surface area contributed by atoms with Crippen molar-refractivity contribution in [3.8, 4) is 0 Å². The van der Waals surface area contributed by atoms with E-state index in [9.17, 15) is 9.59 Å². The van der Waals surface area contributed by atoms with Crippen LogP contribution >= 0.6 is 0 Å². The summed E-state index contributed by atoms with van der Waals surface area (Å²) in [4.78, 5) is 25.1. The van der Waals surface area contributed by atoms with E-state index in [1.165, 1.54) is 10.5 Å². The second-order valence-corrected chi connectivity index (χ2v) is 5.29. The SMILES string of the molecule is CCc1ccc(C(=O)N(C)CC(=O)OCC(C)C)cc1. The number of carbonyl (C=O) groups excluding carboxylic acids is 2.